The summed E-state index contributed by atoms with van der Waals surface area (Å²) in [6.07, 6.45) is 3.12. The number of nitrogens with one attached hydrogen (secondary N) is 1. The maximum atomic E-state index is 5.52. The SMILES string of the molecule is COCCOc1ccc(CNC2CN(Cc3ccccc3)CCC2C)cn1. The number of benzene rings is 1. The molecule has 0 bridgehead atoms. The van der Waals surface area contributed by atoms with Crippen molar-refractivity contribution in [3.8, 4) is 5.88 Å². The molecule has 2 atom stereocenters. The molecule has 0 amide bonds. The lowest BCUT2D eigenvalue weighted by Crippen LogP contribution is -2.49. The van der Waals surface area contributed by atoms with Gasteiger partial charge in [-0.2, -0.15) is 0 Å². The Labute approximate surface area is 162 Å². The van der Waals surface area contributed by atoms with E-state index in [2.05, 4.69) is 58.5 Å². The molecule has 1 aliphatic rings. The molecule has 2 heterocycles. The molecule has 1 aromatic carbocycles. The predicted molar refractivity (Wildman–Crippen MR) is 108 cm³/mol. The Morgan fingerprint density at radius 1 is 1.11 bits per heavy atom. The first-order valence-corrected chi connectivity index (χ1v) is 9.81. The van der Waals surface area contributed by atoms with Gasteiger partial charge in [-0.05, 0) is 30.0 Å². The van der Waals surface area contributed by atoms with E-state index < -0.39 is 0 Å². The molecule has 1 N–H and O–H groups in total. The summed E-state index contributed by atoms with van der Waals surface area (Å²) in [5.41, 5.74) is 2.57. The van der Waals surface area contributed by atoms with Crippen LogP contribution in [0, 0.1) is 5.92 Å². The van der Waals surface area contributed by atoms with Gasteiger partial charge in [-0.3, -0.25) is 4.90 Å². The average Bonchev–Trinajstić information content (AvgIpc) is 2.70. The zero-order valence-corrected chi connectivity index (χ0v) is 16.4. The number of ether oxygens (including phenoxy) is 2. The van der Waals surface area contributed by atoms with Crippen molar-refractivity contribution in [1.29, 1.82) is 0 Å². The molecule has 0 saturated carbocycles. The van der Waals surface area contributed by atoms with Gasteiger partial charge in [-0.1, -0.05) is 43.3 Å². The van der Waals surface area contributed by atoms with E-state index in [1.54, 1.807) is 7.11 Å². The summed E-state index contributed by atoms with van der Waals surface area (Å²) >= 11 is 0. The number of methoxy groups -OCH3 is 1. The van der Waals surface area contributed by atoms with Crippen LogP contribution in [0.2, 0.25) is 0 Å². The minimum atomic E-state index is 0.500. The van der Waals surface area contributed by atoms with Crippen molar-refractivity contribution in [1.82, 2.24) is 15.2 Å². The van der Waals surface area contributed by atoms with Crippen molar-refractivity contribution in [2.24, 2.45) is 5.92 Å². The second-order valence-electron chi connectivity index (χ2n) is 7.32. The smallest absolute Gasteiger partial charge is 0.213 e. The Kier molecular flexibility index (Phi) is 7.63. The molecular formula is C22H31N3O2. The van der Waals surface area contributed by atoms with Crippen LogP contribution in [0.5, 0.6) is 5.88 Å². The van der Waals surface area contributed by atoms with Gasteiger partial charge in [-0.25, -0.2) is 4.98 Å². The lowest BCUT2D eigenvalue weighted by molar-refractivity contribution is 0.141. The quantitative estimate of drug-likeness (QED) is 0.688. The molecule has 0 radical (unpaired) electrons. The number of piperidine rings is 1. The standard InChI is InChI=1S/C22H31N3O2/c1-18-10-11-25(16-19-6-4-3-5-7-19)17-21(18)23-14-20-8-9-22(24-15-20)27-13-12-26-2/h3-9,15,18,21,23H,10-14,16-17H2,1-2H3. The second-order valence-corrected chi connectivity index (χ2v) is 7.32. The minimum absolute atomic E-state index is 0.500. The number of hydrogen-bond donors (Lipinski definition) is 1. The summed E-state index contributed by atoms with van der Waals surface area (Å²) in [5, 5.41) is 3.73. The highest BCUT2D eigenvalue weighted by Gasteiger charge is 2.25. The number of likely N-dealkylation sites (tertiary alicyclic amines) is 1. The molecule has 1 fully saturated rings. The van der Waals surface area contributed by atoms with Crippen LogP contribution in [0.3, 0.4) is 0 Å². The van der Waals surface area contributed by atoms with Crippen molar-refractivity contribution in [3.63, 3.8) is 0 Å². The third-order valence-electron chi connectivity index (χ3n) is 5.19. The third kappa shape index (κ3) is 6.31. The van der Waals surface area contributed by atoms with Crippen LogP contribution < -0.4 is 10.1 Å². The largest absolute Gasteiger partial charge is 0.475 e. The fraction of sp³-hybridized carbons (Fsp3) is 0.500. The fourth-order valence-corrected chi connectivity index (χ4v) is 3.47. The number of hydrogen-bond acceptors (Lipinski definition) is 5. The van der Waals surface area contributed by atoms with Crippen LogP contribution in [0.15, 0.2) is 48.7 Å². The predicted octanol–water partition coefficient (Wildman–Crippen LogP) is 3.11. The van der Waals surface area contributed by atoms with E-state index in [9.17, 15) is 0 Å². The van der Waals surface area contributed by atoms with Gasteiger partial charge in [0.1, 0.15) is 6.61 Å². The molecule has 5 nitrogen and oxygen atoms in total. The number of pyridine rings is 1. The molecule has 2 unspecified atom stereocenters. The van der Waals surface area contributed by atoms with Gasteiger partial charge in [0, 0.05) is 45.0 Å². The van der Waals surface area contributed by atoms with Crippen molar-refractivity contribution in [2.75, 3.05) is 33.4 Å². The summed E-state index contributed by atoms with van der Waals surface area (Å²) in [5.74, 6) is 1.33. The first-order chi connectivity index (χ1) is 13.2. The Balaban J connectivity index is 1.47. The lowest BCUT2D eigenvalue weighted by atomic mass is 9.93. The van der Waals surface area contributed by atoms with Crippen LogP contribution in [0.25, 0.3) is 0 Å². The fourth-order valence-electron chi connectivity index (χ4n) is 3.47. The van der Waals surface area contributed by atoms with Gasteiger partial charge in [0.2, 0.25) is 5.88 Å². The van der Waals surface area contributed by atoms with Crippen LogP contribution >= 0.6 is 0 Å². The number of nitrogens with zero attached hydrogens (tertiary/aromatic N) is 2. The number of aromatic nitrogens is 1. The molecule has 0 aliphatic carbocycles. The van der Waals surface area contributed by atoms with E-state index in [0.29, 0.717) is 31.1 Å². The van der Waals surface area contributed by atoms with Gasteiger partial charge in [0.05, 0.1) is 6.61 Å². The van der Waals surface area contributed by atoms with Gasteiger partial charge < -0.3 is 14.8 Å². The number of rotatable bonds is 9. The summed E-state index contributed by atoms with van der Waals surface area (Å²) in [6, 6.07) is 15.2. The van der Waals surface area contributed by atoms with Crippen LogP contribution in [0.4, 0.5) is 0 Å². The molecular weight excluding hydrogens is 338 g/mol. The Morgan fingerprint density at radius 3 is 2.70 bits per heavy atom. The summed E-state index contributed by atoms with van der Waals surface area (Å²) in [6.45, 7) is 7.57. The Morgan fingerprint density at radius 2 is 1.96 bits per heavy atom. The summed E-state index contributed by atoms with van der Waals surface area (Å²) < 4.78 is 10.5. The Hall–Kier alpha value is -1.95. The summed E-state index contributed by atoms with van der Waals surface area (Å²) in [7, 11) is 1.67. The first kappa shape index (κ1) is 19.8. The van der Waals surface area contributed by atoms with Crippen molar-refractivity contribution in [2.45, 2.75) is 32.5 Å². The highest BCUT2D eigenvalue weighted by atomic mass is 16.5. The van der Waals surface area contributed by atoms with Crippen molar-refractivity contribution in [3.05, 3.63) is 59.8 Å². The van der Waals surface area contributed by atoms with Crippen LogP contribution in [-0.4, -0.2) is 49.3 Å². The molecule has 2 aromatic rings. The molecule has 3 rings (SSSR count). The van der Waals surface area contributed by atoms with Crippen LogP contribution in [0.1, 0.15) is 24.5 Å². The second kappa shape index (κ2) is 10.4. The molecule has 27 heavy (non-hydrogen) atoms. The molecule has 1 aromatic heterocycles. The topological polar surface area (TPSA) is 46.6 Å². The summed E-state index contributed by atoms with van der Waals surface area (Å²) in [4.78, 5) is 6.93. The molecule has 146 valence electrons. The van der Waals surface area contributed by atoms with Crippen LogP contribution in [-0.2, 0) is 17.8 Å². The van der Waals surface area contributed by atoms with E-state index in [-0.39, 0.29) is 0 Å². The van der Waals surface area contributed by atoms with E-state index in [0.717, 1.165) is 19.6 Å². The lowest BCUT2D eigenvalue weighted by Gasteiger charge is -2.37. The van der Waals surface area contributed by atoms with Crippen molar-refractivity contribution < 1.29 is 9.47 Å². The average molecular weight is 370 g/mol. The van der Waals surface area contributed by atoms with Crippen molar-refractivity contribution >= 4 is 0 Å². The minimum Gasteiger partial charge on any atom is -0.475 e. The van der Waals surface area contributed by atoms with E-state index in [1.165, 1.54) is 24.1 Å². The Bertz CT molecular complexity index is 663. The van der Waals surface area contributed by atoms with E-state index in [4.69, 9.17) is 9.47 Å². The van der Waals surface area contributed by atoms with E-state index >= 15 is 0 Å². The highest BCUT2D eigenvalue weighted by Crippen LogP contribution is 2.20. The first-order valence-electron chi connectivity index (χ1n) is 9.81. The monoisotopic (exact) mass is 369 g/mol. The molecule has 5 heteroatoms. The maximum absolute atomic E-state index is 5.52. The zero-order chi connectivity index (χ0) is 18.9. The van der Waals surface area contributed by atoms with E-state index in [1.807, 2.05) is 12.3 Å². The normalized spacial score (nSPS) is 20.5. The van der Waals surface area contributed by atoms with Gasteiger partial charge >= 0.3 is 0 Å². The maximum Gasteiger partial charge on any atom is 0.213 e. The molecule has 0 spiro atoms. The zero-order valence-electron chi connectivity index (χ0n) is 16.4. The molecule has 1 saturated heterocycles. The van der Waals surface area contributed by atoms with Gasteiger partial charge in [0.15, 0.2) is 0 Å². The van der Waals surface area contributed by atoms with Gasteiger partial charge in [0.25, 0.3) is 0 Å². The highest BCUT2D eigenvalue weighted by molar-refractivity contribution is 5.18. The van der Waals surface area contributed by atoms with Gasteiger partial charge in [-0.15, -0.1) is 0 Å². The molecule has 1 aliphatic heterocycles. The third-order valence-corrected chi connectivity index (χ3v) is 5.19.